The summed E-state index contributed by atoms with van der Waals surface area (Å²) in [6, 6.07) is -0.805. The summed E-state index contributed by atoms with van der Waals surface area (Å²) >= 11 is 0. The van der Waals surface area contributed by atoms with Crippen molar-refractivity contribution in [3.05, 3.63) is 24.3 Å². The highest BCUT2D eigenvalue weighted by atomic mass is 31.2. The number of quaternary nitrogens is 1. The van der Waals surface area contributed by atoms with Crippen molar-refractivity contribution in [3.63, 3.8) is 0 Å². The van der Waals surface area contributed by atoms with Gasteiger partial charge in [-0.05, 0) is 38.5 Å². The van der Waals surface area contributed by atoms with Gasteiger partial charge in [0.05, 0.1) is 39.9 Å². The fourth-order valence-corrected chi connectivity index (χ4v) is 7.43. The van der Waals surface area contributed by atoms with Gasteiger partial charge in [0.15, 0.2) is 0 Å². The molecule has 3 unspecified atom stereocenters. The summed E-state index contributed by atoms with van der Waals surface area (Å²) in [4.78, 5) is 25.3. The number of aliphatic hydroxyl groups excluding tert-OH is 1. The number of aliphatic hydroxyl groups is 1. The predicted octanol–water partition coefficient (Wildman–Crippen LogP) is 12.3. The lowest BCUT2D eigenvalue weighted by Crippen LogP contribution is -2.46. The number of nitrogens with zero attached hydrogens (tertiary/aromatic N) is 1. The van der Waals surface area contributed by atoms with E-state index in [4.69, 9.17) is 9.05 Å². The van der Waals surface area contributed by atoms with E-state index in [-0.39, 0.29) is 19.1 Å². The molecule has 0 aromatic rings. The Kier molecular flexibility index (Phi) is 37.8. The van der Waals surface area contributed by atoms with Gasteiger partial charge < -0.3 is 28.8 Å². The Morgan fingerprint density at radius 3 is 1.56 bits per heavy atom. The highest BCUT2D eigenvalue weighted by Crippen LogP contribution is 2.38. The molecule has 326 valence electrons. The zero-order chi connectivity index (χ0) is 40.7. The highest BCUT2D eigenvalue weighted by Gasteiger charge is 2.24. The molecule has 0 saturated carbocycles. The van der Waals surface area contributed by atoms with Gasteiger partial charge in [0.25, 0.3) is 7.82 Å². The molecule has 0 spiro atoms. The van der Waals surface area contributed by atoms with Crippen LogP contribution in [0.25, 0.3) is 0 Å². The molecular weight excluding hydrogens is 707 g/mol. The molecule has 2 N–H and O–H groups in total. The minimum atomic E-state index is -4.57. The van der Waals surface area contributed by atoms with E-state index in [0.717, 1.165) is 64.2 Å². The lowest BCUT2D eigenvalue weighted by atomic mass is 10.0. The van der Waals surface area contributed by atoms with Crippen LogP contribution in [0.15, 0.2) is 24.3 Å². The number of likely N-dealkylation sites (N-methyl/N-ethyl adjacent to an activating group) is 1. The van der Waals surface area contributed by atoms with Gasteiger partial charge in [-0.1, -0.05) is 192 Å². The second kappa shape index (κ2) is 38.5. The Balaban J connectivity index is 4.33. The van der Waals surface area contributed by atoms with Crippen LogP contribution in [0.4, 0.5) is 0 Å². The van der Waals surface area contributed by atoms with Crippen LogP contribution >= 0.6 is 7.82 Å². The minimum Gasteiger partial charge on any atom is -0.756 e. The molecule has 0 aromatic carbocycles. The number of phosphoric acid groups is 1. The number of carbonyl (C=O) groups is 1. The number of carbonyl (C=O) groups excluding carboxylic acids is 1. The Bertz CT molecular complexity index is 953. The maximum absolute atomic E-state index is 12.9. The quantitative estimate of drug-likeness (QED) is 0.0276. The second-order valence-corrected chi connectivity index (χ2v) is 18.5. The Morgan fingerprint density at radius 1 is 0.636 bits per heavy atom. The molecular formula is C46H91N2O6P. The molecule has 0 aliphatic carbocycles. The monoisotopic (exact) mass is 799 g/mol. The van der Waals surface area contributed by atoms with E-state index in [0.29, 0.717) is 23.9 Å². The van der Waals surface area contributed by atoms with Crippen LogP contribution in [-0.4, -0.2) is 68.5 Å². The number of rotatable bonds is 42. The first-order chi connectivity index (χ1) is 26.5. The maximum Gasteiger partial charge on any atom is 0.268 e. The van der Waals surface area contributed by atoms with Crippen molar-refractivity contribution in [2.75, 3.05) is 40.9 Å². The smallest absolute Gasteiger partial charge is 0.268 e. The van der Waals surface area contributed by atoms with Gasteiger partial charge in [0, 0.05) is 6.42 Å². The van der Waals surface area contributed by atoms with Gasteiger partial charge in [-0.3, -0.25) is 9.36 Å². The third-order valence-electron chi connectivity index (χ3n) is 10.4. The van der Waals surface area contributed by atoms with Gasteiger partial charge in [0.2, 0.25) is 5.91 Å². The van der Waals surface area contributed by atoms with Crippen molar-refractivity contribution >= 4 is 13.7 Å². The molecule has 0 fully saturated rings. The number of hydrogen-bond acceptors (Lipinski definition) is 6. The normalized spacial score (nSPS) is 14.5. The van der Waals surface area contributed by atoms with Gasteiger partial charge in [0.1, 0.15) is 13.2 Å². The average molecular weight is 799 g/mol. The molecule has 0 radical (unpaired) electrons. The van der Waals surface area contributed by atoms with E-state index in [2.05, 4.69) is 43.5 Å². The molecule has 8 nitrogen and oxygen atoms in total. The van der Waals surface area contributed by atoms with Crippen molar-refractivity contribution in [2.45, 2.75) is 225 Å². The molecule has 0 aromatic heterocycles. The third-order valence-corrected chi connectivity index (χ3v) is 11.4. The summed E-state index contributed by atoms with van der Waals surface area (Å²) in [6.45, 7) is 4.68. The second-order valence-electron chi connectivity index (χ2n) is 17.1. The number of phosphoric ester groups is 1. The number of amides is 1. The Hall–Kier alpha value is -1.02. The first-order valence-corrected chi connectivity index (χ1v) is 24.6. The molecule has 9 heteroatoms. The van der Waals surface area contributed by atoms with Crippen LogP contribution in [0.5, 0.6) is 0 Å². The van der Waals surface area contributed by atoms with Crippen LogP contribution in [0, 0.1) is 0 Å². The average Bonchev–Trinajstić information content (AvgIpc) is 3.13. The SMILES string of the molecule is CCCC/C=C\C/C=C\CCCCCCCC(=O)NC(COP(=O)([O-])OCC[N+](C)(C)C)C(O)CCCCCCCCCCCCCCCCCCCCC. The van der Waals surface area contributed by atoms with Gasteiger partial charge in [-0.25, -0.2) is 0 Å². The zero-order valence-electron chi connectivity index (χ0n) is 36.9. The third kappa shape index (κ3) is 41.0. The van der Waals surface area contributed by atoms with Crippen LogP contribution in [0.3, 0.4) is 0 Å². The fraction of sp³-hybridized carbons (Fsp3) is 0.891. The summed E-state index contributed by atoms with van der Waals surface area (Å²) in [5.41, 5.74) is 0. The summed E-state index contributed by atoms with van der Waals surface area (Å²) in [5.74, 6) is -0.178. The lowest BCUT2D eigenvalue weighted by Gasteiger charge is -2.30. The molecule has 3 atom stereocenters. The van der Waals surface area contributed by atoms with Crippen molar-refractivity contribution in [1.82, 2.24) is 5.32 Å². The highest BCUT2D eigenvalue weighted by molar-refractivity contribution is 7.45. The van der Waals surface area contributed by atoms with E-state index in [1.807, 2.05) is 21.1 Å². The molecule has 55 heavy (non-hydrogen) atoms. The minimum absolute atomic E-state index is 0.00989. The van der Waals surface area contributed by atoms with Crippen LogP contribution in [0.2, 0.25) is 0 Å². The lowest BCUT2D eigenvalue weighted by molar-refractivity contribution is -0.870. The fourth-order valence-electron chi connectivity index (χ4n) is 6.70. The number of nitrogens with one attached hydrogen (secondary N) is 1. The largest absolute Gasteiger partial charge is 0.756 e. The molecule has 0 aliphatic heterocycles. The molecule has 1 amide bonds. The standard InChI is InChI=1S/C46H91N2O6P/c1-6-8-10-12-14-16-18-20-22-23-24-25-26-27-29-31-33-35-37-39-45(49)44(43-54-55(51,52)53-42-41-48(3,4)5)47-46(50)40-38-36-34-32-30-28-21-19-17-15-13-11-9-7-2/h13,15,19,21,44-45,49H,6-12,14,16-18,20,22-43H2,1-5H3,(H-,47,50,51,52)/b15-13-,21-19-. The number of hydrogen-bond donors (Lipinski definition) is 2. The van der Waals surface area contributed by atoms with Gasteiger partial charge in [-0.15, -0.1) is 0 Å². The van der Waals surface area contributed by atoms with Crippen molar-refractivity contribution in [2.24, 2.45) is 0 Å². The summed E-state index contributed by atoms with van der Waals surface area (Å²) in [6.07, 6.45) is 44.6. The Morgan fingerprint density at radius 2 is 1.07 bits per heavy atom. The van der Waals surface area contributed by atoms with E-state index in [1.54, 1.807) is 0 Å². The predicted molar refractivity (Wildman–Crippen MR) is 233 cm³/mol. The van der Waals surface area contributed by atoms with Crippen molar-refractivity contribution in [1.29, 1.82) is 0 Å². The molecule has 0 bridgehead atoms. The van der Waals surface area contributed by atoms with Crippen molar-refractivity contribution in [3.8, 4) is 0 Å². The van der Waals surface area contributed by atoms with E-state index < -0.39 is 20.0 Å². The van der Waals surface area contributed by atoms with E-state index >= 15 is 0 Å². The number of unbranched alkanes of at least 4 members (excludes halogenated alkanes) is 25. The van der Waals surface area contributed by atoms with Gasteiger partial charge in [-0.2, -0.15) is 0 Å². The molecule has 0 heterocycles. The van der Waals surface area contributed by atoms with Crippen LogP contribution < -0.4 is 10.2 Å². The van der Waals surface area contributed by atoms with Crippen LogP contribution in [0.1, 0.15) is 213 Å². The van der Waals surface area contributed by atoms with Crippen molar-refractivity contribution < 1.29 is 32.9 Å². The molecule has 0 aliphatic rings. The topological polar surface area (TPSA) is 108 Å². The number of allylic oxidation sites excluding steroid dienone is 4. The van der Waals surface area contributed by atoms with Crippen LogP contribution in [-0.2, 0) is 18.4 Å². The van der Waals surface area contributed by atoms with E-state index in [9.17, 15) is 19.4 Å². The first-order valence-electron chi connectivity index (χ1n) is 23.2. The molecule has 0 rings (SSSR count). The first kappa shape index (κ1) is 54.0. The Labute approximate surface area is 341 Å². The molecule has 0 saturated heterocycles. The summed E-state index contributed by atoms with van der Waals surface area (Å²) in [7, 11) is 1.30. The van der Waals surface area contributed by atoms with E-state index in [1.165, 1.54) is 122 Å². The summed E-state index contributed by atoms with van der Waals surface area (Å²) < 4.78 is 23.3. The maximum atomic E-state index is 12.9. The zero-order valence-corrected chi connectivity index (χ0v) is 37.8. The van der Waals surface area contributed by atoms with Gasteiger partial charge >= 0.3 is 0 Å². The summed E-state index contributed by atoms with van der Waals surface area (Å²) in [5, 5.41) is 13.9.